The molecular weight excluding hydrogens is 929 g/mol. The summed E-state index contributed by atoms with van der Waals surface area (Å²) in [4.78, 5) is 0. The second-order valence-electron chi connectivity index (χ2n) is 19.8. The van der Waals surface area contributed by atoms with Crippen LogP contribution in [0.15, 0.2) is 255 Å². The fourth-order valence-electron chi connectivity index (χ4n) is 12.5. The van der Waals surface area contributed by atoms with Crippen LogP contribution in [-0.2, 0) is 0 Å². The van der Waals surface area contributed by atoms with Crippen LogP contribution in [0, 0.1) is 0 Å². The molecule has 0 spiro atoms. The van der Waals surface area contributed by atoms with E-state index in [1.54, 1.807) is 0 Å². The summed E-state index contributed by atoms with van der Waals surface area (Å²) in [6.45, 7) is 0. The van der Waals surface area contributed by atoms with Crippen LogP contribution in [0.5, 0.6) is 0 Å². The predicted octanol–water partition coefficient (Wildman–Crippen LogP) is 21.7. The van der Waals surface area contributed by atoms with Gasteiger partial charge in [0.1, 0.15) is 0 Å². The maximum atomic E-state index is 2.45. The Balaban J connectivity index is 0.822. The van der Waals surface area contributed by atoms with Crippen molar-refractivity contribution in [2.45, 2.75) is 0 Å². The highest BCUT2D eigenvalue weighted by Gasteiger charge is 2.21. The molecule has 0 aliphatic rings. The van der Waals surface area contributed by atoms with Gasteiger partial charge < -0.3 is 0 Å². The molecular formula is C72H42S2. The molecule has 16 aromatic rings. The Bertz CT molecular complexity index is 4900. The van der Waals surface area contributed by atoms with E-state index in [9.17, 15) is 0 Å². The van der Waals surface area contributed by atoms with Crippen LogP contribution in [0.2, 0.25) is 0 Å². The molecule has 0 saturated heterocycles. The molecule has 0 N–H and O–H groups in total. The van der Waals surface area contributed by atoms with Gasteiger partial charge in [0.15, 0.2) is 0 Å². The molecule has 2 heterocycles. The normalized spacial score (nSPS) is 12.1. The summed E-state index contributed by atoms with van der Waals surface area (Å²) in [6.07, 6.45) is 0. The second-order valence-corrected chi connectivity index (χ2v) is 22.0. The van der Waals surface area contributed by atoms with Gasteiger partial charge in [-0.05, 0) is 157 Å². The number of hydrogen-bond donors (Lipinski definition) is 0. The monoisotopic (exact) mass is 970 g/mol. The van der Waals surface area contributed by atoms with Gasteiger partial charge in [0.2, 0.25) is 0 Å². The second kappa shape index (κ2) is 16.3. The van der Waals surface area contributed by atoms with Gasteiger partial charge in [-0.1, -0.05) is 212 Å². The molecule has 0 nitrogen and oxygen atoms in total. The third-order valence-corrected chi connectivity index (χ3v) is 18.1. The van der Waals surface area contributed by atoms with Crippen LogP contribution >= 0.6 is 22.7 Å². The number of fused-ring (bicyclic) bond motifs is 13. The van der Waals surface area contributed by atoms with Crippen molar-refractivity contribution in [2.75, 3.05) is 0 Å². The first-order valence-electron chi connectivity index (χ1n) is 25.5. The first-order chi connectivity index (χ1) is 36.7. The van der Waals surface area contributed by atoms with E-state index in [0.29, 0.717) is 0 Å². The van der Waals surface area contributed by atoms with E-state index in [4.69, 9.17) is 0 Å². The Hall–Kier alpha value is -8.92. The predicted molar refractivity (Wildman–Crippen MR) is 324 cm³/mol. The van der Waals surface area contributed by atoms with Gasteiger partial charge in [0.05, 0.1) is 0 Å². The van der Waals surface area contributed by atoms with Crippen molar-refractivity contribution in [1.82, 2.24) is 0 Å². The highest BCUT2D eigenvalue weighted by molar-refractivity contribution is 7.27. The first-order valence-corrected chi connectivity index (χ1v) is 27.1. The first kappa shape index (κ1) is 41.7. The van der Waals surface area contributed by atoms with Gasteiger partial charge >= 0.3 is 0 Å². The summed E-state index contributed by atoms with van der Waals surface area (Å²) in [5.41, 5.74) is 12.5. The van der Waals surface area contributed by atoms with Crippen molar-refractivity contribution in [3.63, 3.8) is 0 Å². The minimum Gasteiger partial charge on any atom is -0.135 e. The van der Waals surface area contributed by atoms with Crippen molar-refractivity contribution in [1.29, 1.82) is 0 Å². The Morgan fingerprint density at radius 2 is 0.595 bits per heavy atom. The van der Waals surface area contributed by atoms with Crippen LogP contribution in [0.1, 0.15) is 0 Å². The molecule has 0 aliphatic carbocycles. The van der Waals surface area contributed by atoms with Crippen LogP contribution in [0.25, 0.3) is 161 Å². The third kappa shape index (κ3) is 6.32. The molecule has 0 radical (unpaired) electrons. The molecule has 74 heavy (non-hydrogen) atoms. The zero-order valence-electron chi connectivity index (χ0n) is 40.1. The molecule has 16 rings (SSSR count). The standard InChI is InChI=1S/C72H42S2/c1-2-15-44(16-3-1)68-53-21-6-8-23-55(53)70(56-24-9-7-22-54(56)68)50-33-36-65-64(40-50)61-35-31-43-29-30-48(38-62(43)72(61)74-65)45-19-14-20-49(37-45)69-57-25-10-12-27-59(57)71(60-28-13-11-26-58(60)69)51-32-34-52-63-39-46-17-4-5-18-47(46)41-67(63)73-66(52)42-51/h1-42H. The van der Waals surface area contributed by atoms with Crippen molar-refractivity contribution in [3.05, 3.63) is 255 Å². The van der Waals surface area contributed by atoms with E-state index < -0.39 is 0 Å². The third-order valence-electron chi connectivity index (χ3n) is 15.8. The Morgan fingerprint density at radius 1 is 0.176 bits per heavy atom. The molecule has 14 aromatic carbocycles. The largest absolute Gasteiger partial charge is 0.135 e. The molecule has 0 unspecified atom stereocenters. The van der Waals surface area contributed by atoms with Gasteiger partial charge in [-0.2, -0.15) is 0 Å². The molecule has 2 aromatic heterocycles. The highest BCUT2D eigenvalue weighted by Crippen LogP contribution is 2.49. The molecule has 2 heteroatoms. The minimum atomic E-state index is 1.21. The lowest BCUT2D eigenvalue weighted by atomic mass is 9.85. The quantitative estimate of drug-likeness (QED) is 0.151. The van der Waals surface area contributed by atoms with Crippen LogP contribution in [0.3, 0.4) is 0 Å². The zero-order valence-corrected chi connectivity index (χ0v) is 41.7. The lowest BCUT2D eigenvalue weighted by Gasteiger charge is -2.18. The average molecular weight is 971 g/mol. The summed E-state index contributed by atoms with van der Waals surface area (Å²) in [5.74, 6) is 0. The fourth-order valence-corrected chi connectivity index (χ4v) is 14.9. The Morgan fingerprint density at radius 3 is 1.23 bits per heavy atom. The van der Waals surface area contributed by atoms with Gasteiger partial charge in [0, 0.05) is 45.7 Å². The number of hydrogen-bond acceptors (Lipinski definition) is 2. The van der Waals surface area contributed by atoms with Crippen molar-refractivity contribution >= 4 is 128 Å². The van der Waals surface area contributed by atoms with Crippen LogP contribution in [0.4, 0.5) is 0 Å². The summed E-state index contributed by atoms with van der Waals surface area (Å²) in [7, 11) is 0. The molecule has 0 bridgehead atoms. The summed E-state index contributed by atoms with van der Waals surface area (Å²) in [5, 5.41) is 20.5. The van der Waals surface area contributed by atoms with E-state index in [0.717, 1.165) is 0 Å². The minimum absolute atomic E-state index is 1.21. The van der Waals surface area contributed by atoms with Crippen molar-refractivity contribution < 1.29 is 0 Å². The van der Waals surface area contributed by atoms with E-state index in [-0.39, 0.29) is 0 Å². The van der Waals surface area contributed by atoms with Crippen molar-refractivity contribution in [2.24, 2.45) is 0 Å². The van der Waals surface area contributed by atoms with Crippen molar-refractivity contribution in [3.8, 4) is 55.6 Å². The topological polar surface area (TPSA) is 0 Å². The molecule has 0 amide bonds. The highest BCUT2D eigenvalue weighted by atomic mass is 32.1. The average Bonchev–Trinajstić information content (AvgIpc) is 4.02. The van der Waals surface area contributed by atoms with E-state index in [1.807, 2.05) is 22.7 Å². The molecule has 0 aliphatic heterocycles. The van der Waals surface area contributed by atoms with Gasteiger partial charge in [-0.15, -0.1) is 22.7 Å². The zero-order chi connectivity index (χ0) is 48.4. The summed E-state index contributed by atoms with van der Waals surface area (Å²) in [6, 6.07) is 95.5. The van der Waals surface area contributed by atoms with E-state index in [1.165, 1.54) is 161 Å². The maximum absolute atomic E-state index is 2.45. The Kier molecular flexibility index (Phi) is 9.18. The lowest BCUT2D eigenvalue weighted by Crippen LogP contribution is -1.91. The molecule has 0 atom stereocenters. The number of thiophene rings is 2. The van der Waals surface area contributed by atoms with Gasteiger partial charge in [-0.3, -0.25) is 0 Å². The van der Waals surface area contributed by atoms with E-state index >= 15 is 0 Å². The lowest BCUT2D eigenvalue weighted by molar-refractivity contribution is 1.63. The van der Waals surface area contributed by atoms with Crippen LogP contribution in [-0.4, -0.2) is 0 Å². The SMILES string of the molecule is c1ccc(-c2c3ccccc3c(-c3ccc4sc5c6cc(-c7cccc(-c8c9ccccc9c(-c9ccc%10c(c9)sc9cc%11ccccc%11cc9%10)c9ccccc89)c7)ccc6ccc5c4c3)c3ccccc23)cc1. The summed E-state index contributed by atoms with van der Waals surface area (Å²) >= 11 is 3.81. The molecule has 342 valence electrons. The molecule has 0 saturated carbocycles. The fraction of sp³-hybridized carbons (Fsp3) is 0. The number of benzene rings is 14. The van der Waals surface area contributed by atoms with Gasteiger partial charge in [0.25, 0.3) is 0 Å². The molecule has 0 fully saturated rings. The maximum Gasteiger partial charge on any atom is 0.0434 e. The summed E-state index contributed by atoms with van der Waals surface area (Å²) < 4.78 is 5.28. The smallest absolute Gasteiger partial charge is 0.0434 e. The number of rotatable bonds is 5. The Labute approximate surface area is 435 Å². The van der Waals surface area contributed by atoms with E-state index in [2.05, 4.69) is 255 Å². The van der Waals surface area contributed by atoms with Gasteiger partial charge in [-0.25, -0.2) is 0 Å². The van der Waals surface area contributed by atoms with Crippen LogP contribution < -0.4 is 0 Å².